The highest BCUT2D eigenvalue weighted by Crippen LogP contribution is 2.32. The van der Waals surface area contributed by atoms with E-state index in [-0.39, 0.29) is 0 Å². The minimum atomic E-state index is 1.01. The molecule has 16 heavy (non-hydrogen) atoms. The van der Waals surface area contributed by atoms with Gasteiger partial charge in [0.2, 0.25) is 0 Å². The fourth-order valence-corrected chi connectivity index (χ4v) is 3.19. The first kappa shape index (κ1) is 14.1. The first-order valence-electron chi connectivity index (χ1n) is 7.84. The molecule has 0 aromatic heterocycles. The van der Waals surface area contributed by atoms with Crippen molar-refractivity contribution >= 4 is 0 Å². The van der Waals surface area contributed by atoms with Gasteiger partial charge in [-0.25, -0.2) is 0 Å². The number of hydrogen-bond acceptors (Lipinski definition) is 0. The molecule has 0 saturated heterocycles. The van der Waals surface area contributed by atoms with Gasteiger partial charge in [-0.1, -0.05) is 90.9 Å². The Hall–Kier alpha value is 0. The van der Waals surface area contributed by atoms with E-state index in [4.69, 9.17) is 0 Å². The molecular formula is C16H32. The summed E-state index contributed by atoms with van der Waals surface area (Å²) in [6.07, 6.45) is 17.8. The van der Waals surface area contributed by atoms with Crippen LogP contribution in [0.15, 0.2) is 0 Å². The molecule has 96 valence electrons. The van der Waals surface area contributed by atoms with E-state index >= 15 is 0 Å². The van der Waals surface area contributed by atoms with E-state index in [1.165, 1.54) is 77.0 Å². The summed E-state index contributed by atoms with van der Waals surface area (Å²) in [6.45, 7) is 4.80. The lowest BCUT2D eigenvalue weighted by Crippen LogP contribution is -2.15. The normalized spacial score (nSPS) is 19.9. The number of hydrogen-bond donors (Lipinski definition) is 0. The van der Waals surface area contributed by atoms with Crippen LogP contribution in [-0.2, 0) is 0 Å². The molecule has 1 rings (SSSR count). The van der Waals surface area contributed by atoms with Crippen LogP contribution in [0, 0.1) is 11.8 Å². The lowest BCUT2D eigenvalue weighted by Gasteiger charge is -2.27. The Kier molecular flexibility index (Phi) is 7.98. The van der Waals surface area contributed by atoms with Gasteiger partial charge >= 0.3 is 0 Å². The molecule has 0 N–H and O–H groups in total. The van der Waals surface area contributed by atoms with Crippen molar-refractivity contribution in [1.82, 2.24) is 0 Å². The Morgan fingerprint density at radius 3 is 2.19 bits per heavy atom. The summed E-state index contributed by atoms with van der Waals surface area (Å²) in [7, 11) is 0. The van der Waals surface area contributed by atoms with E-state index < -0.39 is 0 Å². The SMILES string of the molecule is CCCCCCCC[C@H](C)C1CCCCC1. The maximum atomic E-state index is 2.50. The summed E-state index contributed by atoms with van der Waals surface area (Å²) in [5.41, 5.74) is 0. The minimum Gasteiger partial charge on any atom is -0.0654 e. The Bertz CT molecular complexity index is 144. The molecule has 0 bridgehead atoms. The van der Waals surface area contributed by atoms with E-state index in [1.807, 2.05) is 0 Å². The Labute approximate surface area is 103 Å². The Balaban J connectivity index is 1.94. The van der Waals surface area contributed by atoms with Crippen molar-refractivity contribution in [3.8, 4) is 0 Å². The van der Waals surface area contributed by atoms with Crippen LogP contribution < -0.4 is 0 Å². The first-order chi connectivity index (χ1) is 7.84. The highest BCUT2D eigenvalue weighted by atomic mass is 14.2. The van der Waals surface area contributed by atoms with E-state index in [2.05, 4.69) is 13.8 Å². The average Bonchev–Trinajstić information content (AvgIpc) is 2.34. The van der Waals surface area contributed by atoms with Gasteiger partial charge in [-0.2, -0.15) is 0 Å². The third-order valence-electron chi connectivity index (χ3n) is 4.47. The molecule has 1 saturated carbocycles. The van der Waals surface area contributed by atoms with Crippen LogP contribution in [0.2, 0.25) is 0 Å². The van der Waals surface area contributed by atoms with Crippen molar-refractivity contribution in [3.63, 3.8) is 0 Å². The van der Waals surface area contributed by atoms with E-state index in [0.29, 0.717) is 0 Å². The van der Waals surface area contributed by atoms with Crippen LogP contribution in [0.25, 0.3) is 0 Å². The standard InChI is InChI=1S/C16H32/c1-3-4-5-6-7-9-12-15(2)16-13-10-8-11-14-16/h15-16H,3-14H2,1-2H3/t15-/m0/s1. The van der Waals surface area contributed by atoms with Gasteiger partial charge < -0.3 is 0 Å². The lowest BCUT2D eigenvalue weighted by molar-refractivity contribution is 0.247. The van der Waals surface area contributed by atoms with Crippen LogP contribution in [0.5, 0.6) is 0 Å². The molecule has 0 aromatic rings. The van der Waals surface area contributed by atoms with E-state index in [0.717, 1.165) is 11.8 Å². The van der Waals surface area contributed by atoms with Crippen LogP contribution in [0.4, 0.5) is 0 Å². The highest BCUT2D eigenvalue weighted by molar-refractivity contribution is 4.71. The number of rotatable bonds is 8. The zero-order valence-corrected chi connectivity index (χ0v) is 11.6. The summed E-state index contributed by atoms with van der Waals surface area (Å²) in [5.74, 6) is 2.08. The maximum absolute atomic E-state index is 2.50. The lowest BCUT2D eigenvalue weighted by atomic mass is 9.79. The second kappa shape index (κ2) is 9.07. The van der Waals surface area contributed by atoms with Gasteiger partial charge in [0, 0.05) is 0 Å². The molecule has 0 aromatic carbocycles. The van der Waals surface area contributed by atoms with Crippen molar-refractivity contribution < 1.29 is 0 Å². The summed E-state index contributed by atoms with van der Waals surface area (Å²) >= 11 is 0. The second-order valence-electron chi connectivity index (χ2n) is 5.93. The largest absolute Gasteiger partial charge is 0.0654 e. The molecule has 0 aliphatic heterocycles. The molecule has 1 aliphatic rings. The molecule has 0 radical (unpaired) electrons. The van der Waals surface area contributed by atoms with Gasteiger partial charge in [0.25, 0.3) is 0 Å². The Morgan fingerprint density at radius 1 is 0.875 bits per heavy atom. The van der Waals surface area contributed by atoms with Crippen molar-refractivity contribution in [2.24, 2.45) is 11.8 Å². The van der Waals surface area contributed by atoms with Crippen molar-refractivity contribution in [2.75, 3.05) is 0 Å². The summed E-state index contributed by atoms with van der Waals surface area (Å²) < 4.78 is 0. The molecule has 0 heterocycles. The molecule has 1 fully saturated rings. The number of unbranched alkanes of at least 4 members (excludes halogenated alkanes) is 5. The average molecular weight is 224 g/mol. The predicted octanol–water partition coefficient (Wildman–Crippen LogP) is 5.95. The smallest absolute Gasteiger partial charge is 0.0388 e. The molecule has 0 nitrogen and oxygen atoms in total. The third kappa shape index (κ3) is 5.92. The molecule has 0 spiro atoms. The van der Waals surface area contributed by atoms with Crippen molar-refractivity contribution in [2.45, 2.75) is 90.9 Å². The quantitative estimate of drug-likeness (QED) is 0.447. The molecule has 0 amide bonds. The van der Waals surface area contributed by atoms with Crippen LogP contribution in [0.1, 0.15) is 90.9 Å². The summed E-state index contributed by atoms with van der Waals surface area (Å²) in [6, 6.07) is 0. The second-order valence-corrected chi connectivity index (χ2v) is 5.93. The highest BCUT2D eigenvalue weighted by Gasteiger charge is 2.19. The molecular weight excluding hydrogens is 192 g/mol. The first-order valence-corrected chi connectivity index (χ1v) is 7.84. The Morgan fingerprint density at radius 2 is 1.50 bits per heavy atom. The van der Waals surface area contributed by atoms with Gasteiger partial charge in [-0.15, -0.1) is 0 Å². The topological polar surface area (TPSA) is 0 Å². The minimum absolute atomic E-state index is 1.01. The fraction of sp³-hybridized carbons (Fsp3) is 1.00. The molecule has 1 aliphatic carbocycles. The molecule has 0 heteroatoms. The zero-order chi connectivity index (χ0) is 11.6. The van der Waals surface area contributed by atoms with Crippen LogP contribution in [-0.4, -0.2) is 0 Å². The van der Waals surface area contributed by atoms with Gasteiger partial charge in [0.1, 0.15) is 0 Å². The third-order valence-corrected chi connectivity index (χ3v) is 4.47. The fourth-order valence-electron chi connectivity index (χ4n) is 3.19. The van der Waals surface area contributed by atoms with Crippen LogP contribution in [0.3, 0.4) is 0 Å². The maximum Gasteiger partial charge on any atom is -0.0388 e. The van der Waals surface area contributed by atoms with E-state index in [9.17, 15) is 0 Å². The summed E-state index contributed by atoms with van der Waals surface area (Å²) in [4.78, 5) is 0. The van der Waals surface area contributed by atoms with Gasteiger partial charge in [-0.05, 0) is 11.8 Å². The summed E-state index contributed by atoms with van der Waals surface area (Å²) in [5, 5.41) is 0. The molecule has 0 unspecified atom stereocenters. The van der Waals surface area contributed by atoms with E-state index in [1.54, 1.807) is 0 Å². The zero-order valence-electron chi connectivity index (χ0n) is 11.6. The van der Waals surface area contributed by atoms with Gasteiger partial charge in [0.15, 0.2) is 0 Å². The van der Waals surface area contributed by atoms with Crippen LogP contribution >= 0.6 is 0 Å². The van der Waals surface area contributed by atoms with Gasteiger partial charge in [-0.3, -0.25) is 0 Å². The predicted molar refractivity (Wildman–Crippen MR) is 73.7 cm³/mol. The monoisotopic (exact) mass is 224 g/mol. The molecule has 1 atom stereocenters. The van der Waals surface area contributed by atoms with Gasteiger partial charge in [0.05, 0.1) is 0 Å². The van der Waals surface area contributed by atoms with Crippen molar-refractivity contribution in [3.05, 3.63) is 0 Å². The van der Waals surface area contributed by atoms with Crippen molar-refractivity contribution in [1.29, 1.82) is 0 Å².